The summed E-state index contributed by atoms with van der Waals surface area (Å²) in [4.78, 5) is 24.7. The zero-order valence-corrected chi connectivity index (χ0v) is 22.1. The van der Waals surface area contributed by atoms with Crippen LogP contribution >= 0.6 is 11.6 Å². The van der Waals surface area contributed by atoms with E-state index in [-0.39, 0.29) is 12.6 Å². The van der Waals surface area contributed by atoms with Crippen molar-refractivity contribution in [2.45, 2.75) is 43.8 Å². The highest BCUT2D eigenvalue weighted by Crippen LogP contribution is 2.31. The molecule has 0 saturated carbocycles. The number of carbonyl (C=O) groups excluding carboxylic acids is 1. The van der Waals surface area contributed by atoms with E-state index in [0.717, 1.165) is 32.5 Å². The van der Waals surface area contributed by atoms with Gasteiger partial charge in [0, 0.05) is 29.5 Å². The highest BCUT2D eigenvalue weighted by molar-refractivity contribution is 6.30. The summed E-state index contributed by atoms with van der Waals surface area (Å²) in [7, 11) is 1.55. The molecule has 2 saturated heterocycles. The maximum atomic E-state index is 13.1. The molecule has 3 aromatic rings. The predicted molar refractivity (Wildman–Crippen MR) is 141 cm³/mol. The molecule has 2 fully saturated rings. The fourth-order valence-corrected chi connectivity index (χ4v) is 5.37. The Kier molecular flexibility index (Phi) is 8.11. The van der Waals surface area contributed by atoms with Gasteiger partial charge in [0.25, 0.3) is 0 Å². The van der Waals surface area contributed by atoms with Gasteiger partial charge in [0.1, 0.15) is 24.0 Å². The first-order valence-electron chi connectivity index (χ1n) is 12.7. The first kappa shape index (κ1) is 27.4. The lowest BCUT2D eigenvalue weighted by Crippen LogP contribution is -2.51. The van der Waals surface area contributed by atoms with Gasteiger partial charge in [-0.05, 0) is 61.8 Å². The van der Waals surface area contributed by atoms with E-state index in [1.165, 1.54) is 11.9 Å². The van der Waals surface area contributed by atoms with Crippen LogP contribution in [0, 0.1) is 0 Å². The Balaban J connectivity index is 1.29. The lowest BCUT2D eigenvalue weighted by atomic mass is 10.0. The molecule has 0 unspecified atom stereocenters. The smallest absolute Gasteiger partial charge is 0.490 e. The molecular formula is C27H29ClF3N5O3. The van der Waals surface area contributed by atoms with E-state index >= 15 is 0 Å². The number of fused-ring (bicyclic) bond motifs is 1. The van der Waals surface area contributed by atoms with Crippen molar-refractivity contribution in [2.24, 2.45) is 0 Å². The van der Waals surface area contributed by atoms with Crippen LogP contribution in [0.1, 0.15) is 18.4 Å². The molecule has 0 spiro atoms. The zero-order chi connectivity index (χ0) is 27.6. The minimum absolute atomic E-state index is 0.0677. The quantitative estimate of drug-likeness (QED) is 0.428. The number of hydrogen-bond acceptors (Lipinski definition) is 8. The van der Waals surface area contributed by atoms with Crippen molar-refractivity contribution in [3.63, 3.8) is 0 Å². The number of aromatic nitrogens is 2. The van der Waals surface area contributed by atoms with E-state index in [1.807, 2.05) is 29.2 Å². The van der Waals surface area contributed by atoms with Gasteiger partial charge in [-0.25, -0.2) is 14.8 Å². The van der Waals surface area contributed by atoms with Gasteiger partial charge in [-0.3, -0.25) is 4.90 Å². The molecule has 2 aliphatic heterocycles. The van der Waals surface area contributed by atoms with Crippen molar-refractivity contribution >= 4 is 34.3 Å². The van der Waals surface area contributed by atoms with Crippen LogP contribution in [0.3, 0.4) is 0 Å². The Hall–Kier alpha value is -3.15. The largest absolute Gasteiger partial charge is 0.497 e. The molecule has 208 valence electrons. The van der Waals surface area contributed by atoms with E-state index < -0.39 is 24.3 Å². The standard InChI is InChI=1S/C27H29ClF3N5O3/c1-38-20-6-7-22-21(12-20)25(33-16-32-22)36-14-23(24(15-36)39-26(37)27(29,30)31)34-19-8-10-35(11-9-19)13-17-2-4-18(28)5-3-17/h2-7,12,16,19,23-24,34H,8-11,13-15H2,1H3/t23-,24-/m0/s1. The van der Waals surface area contributed by atoms with Crippen molar-refractivity contribution in [1.82, 2.24) is 20.2 Å². The Morgan fingerprint density at radius 2 is 1.85 bits per heavy atom. The molecule has 1 N–H and O–H groups in total. The van der Waals surface area contributed by atoms with Crippen LogP contribution < -0.4 is 15.0 Å². The van der Waals surface area contributed by atoms with Crippen LogP contribution in [0.5, 0.6) is 5.75 Å². The Morgan fingerprint density at radius 3 is 2.54 bits per heavy atom. The molecule has 5 rings (SSSR count). The van der Waals surface area contributed by atoms with Crippen molar-refractivity contribution < 1.29 is 27.4 Å². The van der Waals surface area contributed by atoms with Gasteiger partial charge < -0.3 is 19.7 Å². The average Bonchev–Trinajstić information content (AvgIpc) is 3.31. The van der Waals surface area contributed by atoms with Crippen LogP contribution in [0.2, 0.25) is 5.02 Å². The second-order valence-corrected chi connectivity index (χ2v) is 10.3. The van der Waals surface area contributed by atoms with Gasteiger partial charge in [0.15, 0.2) is 0 Å². The normalized spacial score (nSPS) is 20.9. The minimum atomic E-state index is -5.07. The minimum Gasteiger partial charge on any atom is -0.497 e. The molecule has 2 aromatic carbocycles. The van der Waals surface area contributed by atoms with Crippen molar-refractivity contribution in [2.75, 3.05) is 38.2 Å². The summed E-state index contributed by atoms with van der Waals surface area (Å²) >= 11 is 5.98. The molecule has 2 atom stereocenters. The lowest BCUT2D eigenvalue weighted by Gasteiger charge is -2.34. The van der Waals surface area contributed by atoms with E-state index in [1.54, 1.807) is 25.3 Å². The molecule has 39 heavy (non-hydrogen) atoms. The van der Waals surface area contributed by atoms with Gasteiger partial charge in [-0.1, -0.05) is 23.7 Å². The molecule has 0 radical (unpaired) electrons. The summed E-state index contributed by atoms with van der Waals surface area (Å²) in [6, 6.07) is 12.7. The zero-order valence-electron chi connectivity index (χ0n) is 21.3. The summed E-state index contributed by atoms with van der Waals surface area (Å²) < 4.78 is 49.6. The number of esters is 1. The third-order valence-electron chi connectivity index (χ3n) is 7.23. The molecule has 3 heterocycles. The van der Waals surface area contributed by atoms with E-state index in [4.69, 9.17) is 21.1 Å². The summed E-state index contributed by atoms with van der Waals surface area (Å²) in [5.74, 6) is -1.03. The molecule has 8 nitrogen and oxygen atoms in total. The number of ether oxygens (including phenoxy) is 2. The van der Waals surface area contributed by atoms with Gasteiger partial charge in [-0.2, -0.15) is 13.2 Å². The number of likely N-dealkylation sites (tertiary alicyclic amines) is 1. The van der Waals surface area contributed by atoms with E-state index in [9.17, 15) is 18.0 Å². The first-order chi connectivity index (χ1) is 18.7. The van der Waals surface area contributed by atoms with Gasteiger partial charge in [-0.15, -0.1) is 0 Å². The molecule has 2 aliphatic rings. The Bertz CT molecular complexity index is 1300. The number of alkyl halides is 3. The molecule has 0 aliphatic carbocycles. The number of anilines is 1. The summed E-state index contributed by atoms with van der Waals surface area (Å²) in [6.45, 7) is 2.86. The number of nitrogens with one attached hydrogen (secondary N) is 1. The van der Waals surface area contributed by atoms with Crippen LogP contribution in [-0.4, -0.2) is 78.5 Å². The average molecular weight is 564 g/mol. The van der Waals surface area contributed by atoms with Crippen molar-refractivity contribution in [3.8, 4) is 5.75 Å². The van der Waals surface area contributed by atoms with Crippen LogP contribution in [0.25, 0.3) is 10.9 Å². The Morgan fingerprint density at radius 1 is 1.10 bits per heavy atom. The molecule has 0 amide bonds. The molecule has 12 heteroatoms. The number of piperidine rings is 1. The second kappa shape index (κ2) is 11.5. The maximum absolute atomic E-state index is 13.1. The number of halogens is 4. The van der Waals surface area contributed by atoms with Gasteiger partial charge in [0.2, 0.25) is 0 Å². The monoisotopic (exact) mass is 563 g/mol. The van der Waals surface area contributed by atoms with Crippen molar-refractivity contribution in [3.05, 3.63) is 59.4 Å². The molecular weight excluding hydrogens is 535 g/mol. The predicted octanol–water partition coefficient (Wildman–Crippen LogP) is 4.21. The van der Waals surface area contributed by atoms with Gasteiger partial charge in [0.05, 0.1) is 25.2 Å². The maximum Gasteiger partial charge on any atom is 0.490 e. The topological polar surface area (TPSA) is 79.8 Å². The van der Waals surface area contributed by atoms with E-state index in [0.29, 0.717) is 34.0 Å². The second-order valence-electron chi connectivity index (χ2n) is 9.88. The third-order valence-corrected chi connectivity index (χ3v) is 7.49. The van der Waals surface area contributed by atoms with Crippen LogP contribution in [0.4, 0.5) is 19.0 Å². The third kappa shape index (κ3) is 6.54. The van der Waals surface area contributed by atoms with E-state index in [2.05, 4.69) is 20.2 Å². The number of benzene rings is 2. The highest BCUT2D eigenvalue weighted by atomic mass is 35.5. The van der Waals surface area contributed by atoms with Crippen LogP contribution in [-0.2, 0) is 16.1 Å². The van der Waals surface area contributed by atoms with Crippen molar-refractivity contribution in [1.29, 1.82) is 0 Å². The number of nitrogens with zero attached hydrogens (tertiary/aromatic N) is 4. The summed E-state index contributed by atoms with van der Waals surface area (Å²) in [5.41, 5.74) is 1.85. The number of carbonyl (C=O) groups is 1. The number of rotatable bonds is 7. The number of hydrogen-bond donors (Lipinski definition) is 1. The first-order valence-corrected chi connectivity index (χ1v) is 13.1. The SMILES string of the molecule is COc1ccc2ncnc(N3C[C@H](NC4CCN(Cc5ccc(Cl)cc5)CC4)[C@@H](OC(=O)C(F)(F)F)C3)c2c1. The number of methoxy groups -OCH3 is 1. The molecule has 0 bridgehead atoms. The highest BCUT2D eigenvalue weighted by Gasteiger charge is 2.46. The fraction of sp³-hybridized carbons (Fsp3) is 0.444. The van der Waals surface area contributed by atoms with Gasteiger partial charge >= 0.3 is 12.1 Å². The molecule has 1 aromatic heterocycles. The lowest BCUT2D eigenvalue weighted by molar-refractivity contribution is -0.204. The fourth-order valence-electron chi connectivity index (χ4n) is 5.24. The van der Waals surface area contributed by atoms with Crippen LogP contribution in [0.15, 0.2) is 48.8 Å². The summed E-state index contributed by atoms with van der Waals surface area (Å²) in [5, 5.41) is 4.89. The Labute approximate surface area is 229 Å². The summed E-state index contributed by atoms with van der Waals surface area (Å²) in [6.07, 6.45) is -3.02.